The molecule has 0 fully saturated rings. The Balaban J connectivity index is 1.70. The van der Waals surface area contributed by atoms with Crippen molar-refractivity contribution in [2.24, 2.45) is 10.7 Å². The van der Waals surface area contributed by atoms with Gasteiger partial charge in [-0.05, 0) is 42.3 Å². The lowest BCUT2D eigenvalue weighted by molar-refractivity contribution is -0.212. The van der Waals surface area contributed by atoms with Crippen molar-refractivity contribution in [2.45, 2.75) is 6.18 Å². The molecule has 2 aromatic carbocycles. The van der Waals surface area contributed by atoms with Gasteiger partial charge in [0, 0.05) is 40.9 Å². The molecule has 0 aliphatic carbocycles. The number of rotatable bonds is 5. The Hall–Kier alpha value is -4.47. The van der Waals surface area contributed by atoms with Crippen molar-refractivity contribution in [2.75, 3.05) is 0 Å². The lowest BCUT2D eigenvalue weighted by Crippen LogP contribution is -2.20. The normalized spacial score (nSPS) is 12.8. The molecule has 0 bridgehead atoms. The fourth-order valence-corrected chi connectivity index (χ4v) is 3.37. The molecule has 0 saturated heterocycles. The van der Waals surface area contributed by atoms with Crippen molar-refractivity contribution < 1.29 is 22.7 Å². The summed E-state index contributed by atoms with van der Waals surface area (Å²) in [7, 11) is 0. The van der Waals surface area contributed by atoms with Crippen molar-refractivity contribution in [3.05, 3.63) is 95.7 Å². The highest BCUT2D eigenvalue weighted by Crippen LogP contribution is 2.31. The third-order valence-electron chi connectivity index (χ3n) is 5.07. The van der Waals surface area contributed by atoms with E-state index in [2.05, 4.69) is 9.98 Å². The third-order valence-corrected chi connectivity index (χ3v) is 5.07. The number of halogens is 4. The number of allylic oxidation sites excluding steroid dienone is 1. The van der Waals surface area contributed by atoms with E-state index >= 15 is 0 Å². The zero-order chi connectivity index (χ0) is 24.5. The maximum absolute atomic E-state index is 14.8. The first-order chi connectivity index (χ1) is 16.2. The SMILES string of the molecule is N=C/C(=C\N)c1ccc2ncc(-c3ccc(C([O-])=Nc4cccc(C(F)(F)F)c4)c(F)c3)n2c1. The minimum atomic E-state index is -4.59. The van der Waals surface area contributed by atoms with Crippen LogP contribution in [-0.4, -0.2) is 21.5 Å². The second-order valence-electron chi connectivity index (χ2n) is 7.22. The quantitative estimate of drug-likeness (QED) is 0.256. The van der Waals surface area contributed by atoms with E-state index in [0.717, 1.165) is 30.5 Å². The van der Waals surface area contributed by atoms with Crippen molar-refractivity contribution in [3.8, 4) is 11.3 Å². The summed E-state index contributed by atoms with van der Waals surface area (Å²) in [5.74, 6) is -1.89. The van der Waals surface area contributed by atoms with E-state index in [9.17, 15) is 22.7 Å². The van der Waals surface area contributed by atoms with Crippen LogP contribution in [0.4, 0.5) is 23.2 Å². The average molecular weight is 466 g/mol. The Bertz CT molecular complexity index is 1450. The number of alkyl halides is 3. The number of hydrogen-bond acceptors (Lipinski definition) is 5. The topological polar surface area (TPSA) is 103 Å². The third kappa shape index (κ3) is 4.38. The number of fused-ring (bicyclic) bond motifs is 1. The first-order valence-electron chi connectivity index (χ1n) is 9.84. The van der Waals surface area contributed by atoms with Crippen LogP contribution in [0.2, 0.25) is 0 Å². The van der Waals surface area contributed by atoms with Crippen LogP contribution >= 0.6 is 0 Å². The number of aromatic nitrogens is 2. The molecule has 34 heavy (non-hydrogen) atoms. The number of aliphatic imine (C=N–C) groups is 1. The number of nitrogens with zero attached hydrogens (tertiary/aromatic N) is 3. The molecule has 6 nitrogen and oxygen atoms in total. The van der Waals surface area contributed by atoms with Gasteiger partial charge < -0.3 is 16.2 Å². The summed E-state index contributed by atoms with van der Waals surface area (Å²) in [6.45, 7) is 0. The Morgan fingerprint density at radius 3 is 2.59 bits per heavy atom. The van der Waals surface area contributed by atoms with Gasteiger partial charge in [-0.15, -0.1) is 0 Å². The number of nitrogens with one attached hydrogen (secondary N) is 1. The minimum absolute atomic E-state index is 0.229. The first kappa shape index (κ1) is 22.7. The number of hydrogen-bond donors (Lipinski definition) is 2. The molecule has 0 aliphatic rings. The van der Waals surface area contributed by atoms with Crippen LogP contribution < -0.4 is 10.8 Å². The maximum atomic E-state index is 14.8. The molecule has 0 amide bonds. The molecule has 0 radical (unpaired) electrons. The van der Waals surface area contributed by atoms with Gasteiger partial charge >= 0.3 is 6.18 Å². The standard InChI is InChI=1S/C24H17F4N5O/c25-20-8-14(21-12-31-22-7-5-15(13-33(21)22)16(10-29)11-30)4-6-19(20)23(34)32-18-3-1-2-17(9-18)24(26,27)28/h1-13,29H,30H2,(H,32,34)/p-1/b16-11+,29-10?. The van der Waals surface area contributed by atoms with E-state index in [1.165, 1.54) is 30.6 Å². The Labute approximate surface area is 190 Å². The van der Waals surface area contributed by atoms with Gasteiger partial charge in [0.15, 0.2) is 0 Å². The van der Waals surface area contributed by atoms with Gasteiger partial charge in [0.2, 0.25) is 0 Å². The van der Waals surface area contributed by atoms with Crippen LogP contribution in [-0.2, 0) is 6.18 Å². The van der Waals surface area contributed by atoms with Gasteiger partial charge in [-0.1, -0.05) is 18.2 Å². The summed E-state index contributed by atoms with van der Waals surface area (Å²) >= 11 is 0. The fourth-order valence-electron chi connectivity index (χ4n) is 3.37. The minimum Gasteiger partial charge on any atom is -0.858 e. The molecular formula is C24H16F4N5O-. The molecule has 0 atom stereocenters. The monoisotopic (exact) mass is 466 g/mol. The Kier molecular flexibility index (Phi) is 5.89. The van der Waals surface area contributed by atoms with E-state index in [4.69, 9.17) is 11.1 Å². The van der Waals surface area contributed by atoms with E-state index in [1.807, 2.05) is 0 Å². The number of pyridine rings is 1. The van der Waals surface area contributed by atoms with Crippen molar-refractivity contribution >= 4 is 29.0 Å². The lowest BCUT2D eigenvalue weighted by atomic mass is 10.1. The van der Waals surface area contributed by atoms with Gasteiger partial charge in [0.25, 0.3) is 0 Å². The number of benzene rings is 2. The van der Waals surface area contributed by atoms with Crippen LogP contribution in [0, 0.1) is 11.2 Å². The van der Waals surface area contributed by atoms with Gasteiger partial charge in [0.05, 0.1) is 23.1 Å². The highest BCUT2D eigenvalue weighted by atomic mass is 19.4. The summed E-state index contributed by atoms with van der Waals surface area (Å²) in [4.78, 5) is 7.89. The summed E-state index contributed by atoms with van der Waals surface area (Å²) in [5, 5.41) is 19.9. The smallest absolute Gasteiger partial charge is 0.416 e. The highest BCUT2D eigenvalue weighted by Gasteiger charge is 2.30. The second kappa shape index (κ2) is 8.81. The molecule has 172 valence electrons. The molecule has 0 spiro atoms. The summed E-state index contributed by atoms with van der Waals surface area (Å²) in [5.41, 5.74) is 6.60. The van der Waals surface area contributed by atoms with Gasteiger partial charge in [0.1, 0.15) is 11.5 Å². The summed E-state index contributed by atoms with van der Waals surface area (Å²) < 4.78 is 55.2. The van der Waals surface area contributed by atoms with Gasteiger partial charge in [-0.25, -0.2) is 9.37 Å². The fraction of sp³-hybridized carbons (Fsp3) is 0.0417. The highest BCUT2D eigenvalue weighted by molar-refractivity contribution is 6.08. The summed E-state index contributed by atoms with van der Waals surface area (Å²) in [6, 6.07) is 11.2. The molecule has 10 heteroatoms. The molecule has 4 rings (SSSR count). The average Bonchev–Trinajstić information content (AvgIpc) is 3.23. The van der Waals surface area contributed by atoms with Crippen molar-refractivity contribution in [3.63, 3.8) is 0 Å². The van der Waals surface area contributed by atoms with E-state index in [0.29, 0.717) is 28.0 Å². The predicted octanol–water partition coefficient (Wildman–Crippen LogP) is 4.55. The van der Waals surface area contributed by atoms with Crippen molar-refractivity contribution in [1.82, 2.24) is 9.38 Å². The maximum Gasteiger partial charge on any atom is 0.416 e. The van der Waals surface area contributed by atoms with Gasteiger partial charge in [-0.2, -0.15) is 13.2 Å². The lowest BCUT2D eigenvalue weighted by Gasteiger charge is -2.14. The second-order valence-corrected chi connectivity index (χ2v) is 7.22. The van der Waals surface area contributed by atoms with Crippen LogP contribution in [0.1, 0.15) is 16.7 Å². The molecule has 2 aromatic heterocycles. The molecule has 3 N–H and O–H groups in total. The Morgan fingerprint density at radius 1 is 1.12 bits per heavy atom. The molecule has 0 unspecified atom stereocenters. The number of nitrogens with two attached hydrogens (primary N) is 1. The van der Waals surface area contributed by atoms with E-state index < -0.39 is 23.5 Å². The molecule has 4 aromatic rings. The molecular weight excluding hydrogens is 450 g/mol. The van der Waals surface area contributed by atoms with E-state index in [1.54, 1.807) is 22.7 Å². The predicted molar refractivity (Wildman–Crippen MR) is 119 cm³/mol. The zero-order valence-electron chi connectivity index (χ0n) is 17.3. The van der Waals surface area contributed by atoms with Crippen LogP contribution in [0.25, 0.3) is 22.5 Å². The van der Waals surface area contributed by atoms with E-state index in [-0.39, 0.29) is 11.3 Å². The molecule has 2 heterocycles. The molecule has 0 aliphatic heterocycles. The zero-order valence-corrected chi connectivity index (χ0v) is 17.3. The largest absolute Gasteiger partial charge is 0.858 e. The van der Waals surface area contributed by atoms with Crippen LogP contribution in [0.15, 0.2) is 78.2 Å². The van der Waals surface area contributed by atoms with Gasteiger partial charge in [-0.3, -0.25) is 9.39 Å². The molecule has 0 saturated carbocycles. The van der Waals surface area contributed by atoms with Crippen molar-refractivity contribution in [1.29, 1.82) is 5.41 Å². The Morgan fingerprint density at radius 2 is 1.91 bits per heavy atom. The summed E-state index contributed by atoms with van der Waals surface area (Å²) in [6.07, 6.45) is 1.03. The first-order valence-corrected chi connectivity index (χ1v) is 9.84. The van der Waals surface area contributed by atoms with Crippen LogP contribution in [0.3, 0.4) is 0 Å². The van der Waals surface area contributed by atoms with Crippen LogP contribution in [0.5, 0.6) is 0 Å². The number of imidazole rings is 1.